The van der Waals surface area contributed by atoms with E-state index < -0.39 is 0 Å². The Morgan fingerprint density at radius 1 is 0.656 bits per heavy atom. The van der Waals surface area contributed by atoms with Gasteiger partial charge in [0.1, 0.15) is 0 Å². The van der Waals surface area contributed by atoms with Crippen LogP contribution in [0.4, 0.5) is 0 Å². The molecule has 3 heterocycles. The van der Waals surface area contributed by atoms with Crippen LogP contribution in [-0.4, -0.2) is 4.57 Å². The largest absolute Gasteiger partial charge is 0.449 e. The molecular formula is C28H21NO2S. The summed E-state index contributed by atoms with van der Waals surface area (Å²) in [5.41, 5.74) is 5.08. The Morgan fingerprint density at radius 2 is 1.28 bits per heavy atom. The van der Waals surface area contributed by atoms with Gasteiger partial charge in [0.05, 0.1) is 5.52 Å². The smallest absolute Gasteiger partial charge is 0.172 e. The number of ether oxygens (including phenoxy) is 2. The third-order valence-electron chi connectivity index (χ3n) is 6.92. The molecule has 7 rings (SSSR count). The van der Waals surface area contributed by atoms with Crippen molar-refractivity contribution >= 4 is 33.6 Å². The summed E-state index contributed by atoms with van der Waals surface area (Å²) in [4.78, 5) is 2.68. The van der Waals surface area contributed by atoms with Gasteiger partial charge in [0.2, 0.25) is 0 Å². The van der Waals surface area contributed by atoms with E-state index in [1.807, 2.05) is 36.0 Å². The average molecular weight is 436 g/mol. The highest BCUT2D eigenvalue weighted by Gasteiger charge is 2.34. The number of fused-ring (bicyclic) bond motifs is 7. The zero-order valence-electron chi connectivity index (χ0n) is 18.1. The van der Waals surface area contributed by atoms with Crippen LogP contribution in [0.5, 0.6) is 23.0 Å². The summed E-state index contributed by atoms with van der Waals surface area (Å²) >= 11 is 1.87. The van der Waals surface area contributed by atoms with Gasteiger partial charge < -0.3 is 14.0 Å². The molecule has 0 bridgehead atoms. The zero-order chi connectivity index (χ0) is 21.6. The van der Waals surface area contributed by atoms with Crippen molar-refractivity contribution in [2.24, 2.45) is 7.05 Å². The van der Waals surface area contributed by atoms with Crippen LogP contribution in [-0.2, 0) is 12.5 Å². The number of rotatable bonds is 0. The van der Waals surface area contributed by atoms with Crippen LogP contribution in [0.15, 0.2) is 82.6 Å². The summed E-state index contributed by atoms with van der Waals surface area (Å²) < 4.78 is 14.6. The first-order chi connectivity index (χ1) is 15.5. The van der Waals surface area contributed by atoms with Crippen molar-refractivity contribution in [3.05, 3.63) is 83.9 Å². The lowest BCUT2D eigenvalue weighted by Gasteiger charge is -2.34. The summed E-state index contributed by atoms with van der Waals surface area (Å²) in [5, 5.41) is 2.44. The SMILES string of the molecule is Cn1c2cc3c(cc2c2cc4c(cc21)Sc1ccccc1C4(C)C)Oc1ccccc1O3. The molecule has 0 unspecified atom stereocenters. The summed E-state index contributed by atoms with van der Waals surface area (Å²) in [5.74, 6) is 3.03. The minimum atomic E-state index is -0.0553. The highest BCUT2D eigenvalue weighted by molar-refractivity contribution is 7.99. The van der Waals surface area contributed by atoms with Gasteiger partial charge in [0.15, 0.2) is 23.0 Å². The number of aryl methyl sites for hydroxylation is 1. The van der Waals surface area contributed by atoms with Crippen molar-refractivity contribution in [1.82, 2.24) is 4.57 Å². The van der Waals surface area contributed by atoms with E-state index in [2.05, 4.69) is 74.0 Å². The Hall–Kier alpha value is -3.37. The van der Waals surface area contributed by atoms with Crippen molar-refractivity contribution in [1.29, 1.82) is 0 Å². The molecule has 0 radical (unpaired) electrons. The van der Waals surface area contributed by atoms with E-state index in [9.17, 15) is 0 Å². The standard InChI is InChI=1S/C28H21NO2S/c1-28(2)18-8-4-7-11-26(18)32-27-15-21-16(12-19(27)28)17-13-24-25(14-20(17)29(21)3)31-23-10-6-5-9-22(23)30-24/h4-15H,1-3H3. The summed E-state index contributed by atoms with van der Waals surface area (Å²) in [6.07, 6.45) is 0. The number of hydrogen-bond donors (Lipinski definition) is 0. The molecule has 0 N–H and O–H groups in total. The molecule has 1 aromatic heterocycles. The van der Waals surface area contributed by atoms with Crippen LogP contribution in [0.1, 0.15) is 25.0 Å². The fourth-order valence-corrected chi connectivity index (χ4v) is 6.57. The minimum absolute atomic E-state index is 0.0553. The number of benzene rings is 4. The summed E-state index contributed by atoms with van der Waals surface area (Å²) in [6.45, 7) is 4.66. The predicted molar refractivity (Wildman–Crippen MR) is 130 cm³/mol. The lowest BCUT2D eigenvalue weighted by Crippen LogP contribution is -2.23. The number of nitrogens with zero attached hydrogens (tertiary/aromatic N) is 1. The molecule has 2 aliphatic heterocycles. The quantitative estimate of drug-likeness (QED) is 0.241. The highest BCUT2D eigenvalue weighted by atomic mass is 32.2. The molecular weight excluding hydrogens is 414 g/mol. The third kappa shape index (κ3) is 2.33. The zero-order valence-corrected chi connectivity index (χ0v) is 18.9. The molecule has 2 aliphatic rings. The summed E-state index contributed by atoms with van der Waals surface area (Å²) in [7, 11) is 2.13. The van der Waals surface area contributed by atoms with Crippen LogP contribution < -0.4 is 9.47 Å². The maximum Gasteiger partial charge on any atom is 0.172 e. The first-order valence-electron chi connectivity index (χ1n) is 10.8. The van der Waals surface area contributed by atoms with Gasteiger partial charge >= 0.3 is 0 Å². The Bertz CT molecular complexity index is 1590. The van der Waals surface area contributed by atoms with Gasteiger partial charge in [0.25, 0.3) is 0 Å². The topological polar surface area (TPSA) is 23.4 Å². The lowest BCUT2D eigenvalue weighted by molar-refractivity contribution is 0.360. The molecule has 156 valence electrons. The first kappa shape index (κ1) is 18.2. The molecule has 0 fully saturated rings. The van der Waals surface area contributed by atoms with E-state index in [1.54, 1.807) is 0 Å². The maximum absolute atomic E-state index is 6.21. The maximum atomic E-state index is 6.21. The van der Waals surface area contributed by atoms with Crippen molar-refractivity contribution in [3.63, 3.8) is 0 Å². The molecule has 0 saturated carbocycles. The average Bonchev–Trinajstić information content (AvgIpc) is 3.06. The van der Waals surface area contributed by atoms with Crippen LogP contribution in [0.3, 0.4) is 0 Å². The predicted octanol–water partition coefficient (Wildman–Crippen LogP) is 8.02. The van der Waals surface area contributed by atoms with E-state index >= 15 is 0 Å². The number of aromatic nitrogens is 1. The Kier molecular flexibility index (Phi) is 3.48. The van der Waals surface area contributed by atoms with Gasteiger partial charge in [-0.15, -0.1) is 0 Å². The highest BCUT2D eigenvalue weighted by Crippen LogP contribution is 2.52. The molecule has 3 nitrogen and oxygen atoms in total. The third-order valence-corrected chi connectivity index (χ3v) is 8.05. The number of hydrogen-bond acceptors (Lipinski definition) is 3. The Balaban J connectivity index is 1.48. The second kappa shape index (κ2) is 6.11. The van der Waals surface area contributed by atoms with E-state index in [-0.39, 0.29) is 5.41 Å². The monoisotopic (exact) mass is 435 g/mol. The van der Waals surface area contributed by atoms with Crippen molar-refractivity contribution in [3.8, 4) is 23.0 Å². The van der Waals surface area contributed by atoms with Gasteiger partial charge in [-0.2, -0.15) is 0 Å². The second-order valence-corrected chi connectivity index (χ2v) is 10.2. The van der Waals surface area contributed by atoms with Crippen LogP contribution >= 0.6 is 11.8 Å². The fraction of sp³-hybridized carbons (Fsp3) is 0.143. The Labute approximate surface area is 190 Å². The second-order valence-electron chi connectivity index (χ2n) is 9.11. The summed E-state index contributed by atoms with van der Waals surface area (Å²) in [6, 6.07) is 25.6. The molecule has 4 aromatic carbocycles. The van der Waals surface area contributed by atoms with Gasteiger partial charge in [0, 0.05) is 44.6 Å². The lowest BCUT2D eigenvalue weighted by atomic mass is 9.77. The molecule has 0 spiro atoms. The van der Waals surface area contributed by atoms with Gasteiger partial charge in [-0.25, -0.2) is 0 Å². The Morgan fingerprint density at radius 3 is 2.06 bits per heavy atom. The van der Waals surface area contributed by atoms with E-state index in [0.29, 0.717) is 0 Å². The number of para-hydroxylation sites is 2. The normalized spacial score (nSPS) is 15.3. The van der Waals surface area contributed by atoms with Crippen molar-refractivity contribution < 1.29 is 9.47 Å². The minimum Gasteiger partial charge on any atom is -0.449 e. The molecule has 0 aliphatic carbocycles. The van der Waals surface area contributed by atoms with Gasteiger partial charge in [-0.05, 0) is 47.5 Å². The van der Waals surface area contributed by atoms with Gasteiger partial charge in [-0.3, -0.25) is 0 Å². The van der Waals surface area contributed by atoms with E-state index in [4.69, 9.17) is 9.47 Å². The van der Waals surface area contributed by atoms with Crippen LogP contribution in [0.25, 0.3) is 21.8 Å². The first-order valence-corrected chi connectivity index (χ1v) is 11.6. The van der Waals surface area contributed by atoms with Crippen LogP contribution in [0, 0.1) is 0 Å². The fourth-order valence-electron chi connectivity index (χ4n) is 5.16. The molecule has 32 heavy (non-hydrogen) atoms. The molecule has 4 heteroatoms. The van der Waals surface area contributed by atoms with E-state index in [0.717, 1.165) is 28.5 Å². The van der Waals surface area contributed by atoms with E-state index in [1.165, 1.54) is 37.2 Å². The molecule has 0 amide bonds. The molecule has 5 aromatic rings. The van der Waals surface area contributed by atoms with Crippen molar-refractivity contribution in [2.75, 3.05) is 0 Å². The van der Waals surface area contributed by atoms with Crippen molar-refractivity contribution in [2.45, 2.75) is 29.1 Å². The molecule has 0 atom stereocenters. The van der Waals surface area contributed by atoms with Crippen LogP contribution in [0.2, 0.25) is 0 Å². The van der Waals surface area contributed by atoms with Gasteiger partial charge in [-0.1, -0.05) is 55.9 Å². The molecule has 0 saturated heterocycles.